The highest BCUT2D eigenvalue weighted by Gasteiger charge is 2.11. The number of hydrogen-bond acceptors (Lipinski definition) is 6. The summed E-state index contributed by atoms with van der Waals surface area (Å²) >= 11 is 9.22. The molecule has 4 rings (SSSR count). The first-order chi connectivity index (χ1) is 15.6. The summed E-state index contributed by atoms with van der Waals surface area (Å²) in [5.41, 5.74) is 3.73. The minimum absolute atomic E-state index is 0.110. The van der Waals surface area contributed by atoms with E-state index in [1.54, 1.807) is 24.3 Å². The van der Waals surface area contributed by atoms with Gasteiger partial charge in [0.25, 0.3) is 0 Å². The Morgan fingerprint density at radius 3 is 2.81 bits per heavy atom. The maximum atomic E-state index is 12.5. The minimum Gasteiger partial charge on any atom is -0.325 e. The molecule has 0 radical (unpaired) electrons. The number of pyridine rings is 1. The summed E-state index contributed by atoms with van der Waals surface area (Å²) in [6.07, 6.45) is 3.40. The number of halogens is 1. The second-order valence-electron chi connectivity index (χ2n) is 6.91. The number of carbonyl (C=O) groups excluding carboxylic acids is 1. The molecular weight excluding hydrogens is 462 g/mol. The van der Waals surface area contributed by atoms with Crippen LogP contribution >= 0.6 is 35.1 Å². The van der Waals surface area contributed by atoms with Crippen molar-refractivity contribution in [3.8, 4) is 5.69 Å². The monoisotopic (exact) mass is 481 g/mol. The Morgan fingerprint density at radius 2 is 2.00 bits per heavy atom. The molecule has 1 N–H and O–H groups in total. The molecule has 0 atom stereocenters. The molecule has 0 unspecified atom stereocenters. The van der Waals surface area contributed by atoms with E-state index < -0.39 is 0 Å². The van der Waals surface area contributed by atoms with Gasteiger partial charge in [-0.3, -0.25) is 9.36 Å². The van der Waals surface area contributed by atoms with Crippen molar-refractivity contribution in [2.24, 2.45) is 0 Å². The van der Waals surface area contributed by atoms with Gasteiger partial charge in [0.15, 0.2) is 5.16 Å². The third-order valence-corrected chi connectivity index (χ3v) is 6.88. The Hall–Kier alpha value is -2.81. The van der Waals surface area contributed by atoms with E-state index in [0.717, 1.165) is 33.3 Å². The summed E-state index contributed by atoms with van der Waals surface area (Å²) in [6.45, 7) is 1.95. The molecule has 0 fully saturated rings. The average Bonchev–Trinajstić information content (AvgIpc) is 3.28. The third-order valence-electron chi connectivity index (χ3n) is 4.52. The summed E-state index contributed by atoms with van der Waals surface area (Å²) < 4.78 is 1.82. The van der Waals surface area contributed by atoms with Crippen LogP contribution in [0.1, 0.15) is 11.1 Å². The molecule has 0 aliphatic carbocycles. The zero-order valence-corrected chi connectivity index (χ0v) is 19.6. The maximum Gasteiger partial charge on any atom is 0.234 e. The highest BCUT2D eigenvalue weighted by atomic mass is 35.5. The zero-order chi connectivity index (χ0) is 22.3. The zero-order valence-electron chi connectivity index (χ0n) is 17.2. The van der Waals surface area contributed by atoms with Crippen molar-refractivity contribution in [3.05, 3.63) is 89.3 Å². The van der Waals surface area contributed by atoms with Gasteiger partial charge in [0, 0.05) is 22.7 Å². The van der Waals surface area contributed by atoms with Gasteiger partial charge in [0.1, 0.15) is 6.33 Å². The molecule has 0 aliphatic rings. The van der Waals surface area contributed by atoms with E-state index in [4.69, 9.17) is 11.6 Å². The molecule has 0 bridgehead atoms. The molecule has 1 amide bonds. The van der Waals surface area contributed by atoms with Gasteiger partial charge in [0.2, 0.25) is 5.91 Å². The fourth-order valence-corrected chi connectivity index (χ4v) is 4.60. The third kappa shape index (κ3) is 5.91. The quantitative estimate of drug-likeness (QED) is 0.328. The summed E-state index contributed by atoms with van der Waals surface area (Å²) in [5.74, 6) is 0.879. The Kier molecular flexibility index (Phi) is 7.47. The molecule has 4 aromatic rings. The molecule has 162 valence electrons. The molecule has 2 heterocycles. The summed E-state index contributed by atoms with van der Waals surface area (Å²) in [5, 5.41) is 13.3. The fourth-order valence-electron chi connectivity index (χ4n) is 2.89. The fraction of sp³-hybridized carbons (Fsp3) is 0.130. The lowest BCUT2D eigenvalue weighted by Gasteiger charge is -2.09. The van der Waals surface area contributed by atoms with Gasteiger partial charge >= 0.3 is 0 Å². The first-order valence-electron chi connectivity index (χ1n) is 9.80. The van der Waals surface area contributed by atoms with Crippen LogP contribution < -0.4 is 5.32 Å². The molecule has 0 aliphatic heterocycles. The van der Waals surface area contributed by atoms with E-state index >= 15 is 0 Å². The molecule has 32 heavy (non-hydrogen) atoms. The van der Waals surface area contributed by atoms with E-state index in [1.807, 2.05) is 72.2 Å². The van der Waals surface area contributed by atoms with Gasteiger partial charge in [-0.1, -0.05) is 47.6 Å². The average molecular weight is 482 g/mol. The second kappa shape index (κ2) is 10.7. The molecule has 2 aromatic carbocycles. The highest BCUT2D eigenvalue weighted by molar-refractivity contribution is 7.99. The summed E-state index contributed by atoms with van der Waals surface area (Å²) in [7, 11) is 0. The Balaban J connectivity index is 1.34. The van der Waals surface area contributed by atoms with Crippen molar-refractivity contribution in [1.82, 2.24) is 19.7 Å². The van der Waals surface area contributed by atoms with Crippen molar-refractivity contribution < 1.29 is 4.79 Å². The molecule has 6 nitrogen and oxygen atoms in total. The number of hydrogen-bond donors (Lipinski definition) is 1. The Bertz CT molecular complexity index is 1220. The van der Waals surface area contributed by atoms with Crippen molar-refractivity contribution in [2.75, 3.05) is 11.1 Å². The molecule has 0 saturated carbocycles. The van der Waals surface area contributed by atoms with E-state index in [2.05, 4.69) is 20.5 Å². The maximum absolute atomic E-state index is 12.5. The number of nitrogens with zero attached hydrogens (tertiary/aromatic N) is 4. The first kappa shape index (κ1) is 22.4. The van der Waals surface area contributed by atoms with Crippen LogP contribution in [0.2, 0.25) is 5.02 Å². The lowest BCUT2D eigenvalue weighted by atomic mass is 10.2. The molecule has 0 spiro atoms. The number of anilines is 1. The van der Waals surface area contributed by atoms with Gasteiger partial charge in [0.05, 0.1) is 16.5 Å². The van der Waals surface area contributed by atoms with Crippen LogP contribution in [-0.2, 0) is 10.5 Å². The van der Waals surface area contributed by atoms with E-state index in [0.29, 0.717) is 10.2 Å². The molecular formula is C23H20ClN5OS2. The predicted molar refractivity (Wildman–Crippen MR) is 131 cm³/mol. The van der Waals surface area contributed by atoms with Crippen molar-refractivity contribution in [2.45, 2.75) is 22.9 Å². The number of aromatic nitrogens is 4. The number of amides is 1. The lowest BCUT2D eigenvalue weighted by molar-refractivity contribution is -0.113. The van der Waals surface area contributed by atoms with Crippen LogP contribution in [-0.4, -0.2) is 31.4 Å². The number of benzene rings is 2. The highest BCUT2D eigenvalue weighted by Crippen LogP contribution is 2.25. The van der Waals surface area contributed by atoms with Gasteiger partial charge in [-0.25, -0.2) is 4.98 Å². The van der Waals surface area contributed by atoms with Gasteiger partial charge in [-0.15, -0.1) is 22.0 Å². The van der Waals surface area contributed by atoms with Gasteiger partial charge in [-0.2, -0.15) is 0 Å². The van der Waals surface area contributed by atoms with Crippen molar-refractivity contribution in [1.29, 1.82) is 0 Å². The first-order valence-corrected chi connectivity index (χ1v) is 12.2. The topological polar surface area (TPSA) is 72.7 Å². The SMILES string of the molecule is Cc1ccc(-n2cnnc2SCC(=O)Nc2cccc(CSc3ccccn3)c2)cc1Cl. The standard InChI is InChI=1S/C23H20ClN5OS2/c1-16-8-9-19(12-20(16)24)29-15-26-28-23(29)32-14-21(30)27-18-6-4-5-17(11-18)13-31-22-7-2-3-10-25-22/h2-12,15H,13-14H2,1H3,(H,27,30). The lowest BCUT2D eigenvalue weighted by Crippen LogP contribution is -2.14. The predicted octanol–water partition coefficient (Wildman–Crippen LogP) is 5.65. The molecule has 0 saturated heterocycles. The normalized spacial score (nSPS) is 10.8. The number of nitrogens with one attached hydrogen (secondary N) is 1. The minimum atomic E-state index is -0.110. The van der Waals surface area contributed by atoms with Crippen LogP contribution in [0.15, 0.2) is 83.4 Å². The van der Waals surface area contributed by atoms with Gasteiger partial charge in [-0.05, 0) is 54.4 Å². The number of thioether (sulfide) groups is 2. The van der Waals surface area contributed by atoms with Crippen LogP contribution in [0, 0.1) is 6.92 Å². The summed E-state index contributed by atoms with van der Waals surface area (Å²) in [4.78, 5) is 16.8. The molecule has 9 heteroatoms. The summed E-state index contributed by atoms with van der Waals surface area (Å²) in [6, 6.07) is 19.4. The van der Waals surface area contributed by atoms with Crippen molar-refractivity contribution >= 4 is 46.7 Å². The number of rotatable bonds is 8. The number of aryl methyl sites for hydroxylation is 1. The van der Waals surface area contributed by atoms with Crippen LogP contribution in [0.3, 0.4) is 0 Å². The van der Waals surface area contributed by atoms with E-state index in [-0.39, 0.29) is 11.7 Å². The van der Waals surface area contributed by atoms with Crippen molar-refractivity contribution in [3.63, 3.8) is 0 Å². The van der Waals surface area contributed by atoms with Gasteiger partial charge < -0.3 is 5.32 Å². The van der Waals surface area contributed by atoms with E-state index in [1.165, 1.54) is 11.8 Å². The largest absolute Gasteiger partial charge is 0.325 e. The number of carbonyl (C=O) groups is 1. The van der Waals surface area contributed by atoms with Crippen LogP contribution in [0.25, 0.3) is 5.69 Å². The second-order valence-corrected chi connectivity index (χ2v) is 9.26. The van der Waals surface area contributed by atoms with E-state index in [9.17, 15) is 4.79 Å². The van der Waals surface area contributed by atoms with Crippen LogP contribution in [0.5, 0.6) is 0 Å². The Labute approximate surface area is 199 Å². The Morgan fingerprint density at radius 1 is 1.09 bits per heavy atom. The van der Waals surface area contributed by atoms with Crippen LogP contribution in [0.4, 0.5) is 5.69 Å². The smallest absolute Gasteiger partial charge is 0.234 e. The molecule has 2 aromatic heterocycles.